The predicted molar refractivity (Wildman–Crippen MR) is 87.2 cm³/mol. The number of ether oxygens (including phenoxy) is 1. The third-order valence-electron chi connectivity index (χ3n) is 4.15. The number of hydrogen-bond donors (Lipinski definition) is 3. The largest absolute Gasteiger partial charge is 0.508 e. The van der Waals surface area contributed by atoms with Crippen LogP contribution >= 0.6 is 0 Å². The van der Waals surface area contributed by atoms with Crippen molar-refractivity contribution in [1.82, 2.24) is 0 Å². The summed E-state index contributed by atoms with van der Waals surface area (Å²) in [5, 5.41) is 12.9. The zero-order chi connectivity index (χ0) is 16.4. The molecule has 1 amide bonds. The van der Waals surface area contributed by atoms with Crippen molar-refractivity contribution < 1.29 is 14.6 Å². The van der Waals surface area contributed by atoms with E-state index in [4.69, 9.17) is 10.5 Å². The maximum absolute atomic E-state index is 11.9. The van der Waals surface area contributed by atoms with E-state index in [0.29, 0.717) is 12.2 Å². The van der Waals surface area contributed by atoms with Gasteiger partial charge in [0.2, 0.25) is 0 Å². The van der Waals surface area contributed by atoms with Crippen LogP contribution in [0.3, 0.4) is 0 Å². The van der Waals surface area contributed by atoms with Crippen LogP contribution in [-0.2, 0) is 10.2 Å². The molecule has 1 aromatic carbocycles. The smallest absolute Gasteiger partial charge is 0.412 e. The molecule has 0 unspecified atom stereocenters. The fourth-order valence-corrected chi connectivity index (χ4v) is 2.99. The molecule has 0 aliphatic heterocycles. The monoisotopic (exact) mass is 306 g/mol. The molecule has 5 heteroatoms. The van der Waals surface area contributed by atoms with Crippen LogP contribution in [0.25, 0.3) is 0 Å². The van der Waals surface area contributed by atoms with Gasteiger partial charge in [0.05, 0.1) is 0 Å². The third kappa shape index (κ3) is 3.71. The number of carbonyl (C=O) groups is 1. The lowest BCUT2D eigenvalue weighted by Crippen LogP contribution is -2.36. The molecule has 1 saturated carbocycles. The van der Waals surface area contributed by atoms with Gasteiger partial charge in [-0.1, -0.05) is 6.42 Å². The van der Waals surface area contributed by atoms with E-state index in [1.165, 1.54) is 0 Å². The lowest BCUT2D eigenvalue weighted by Gasteiger charge is -2.43. The first-order chi connectivity index (χ1) is 10.3. The molecule has 0 aromatic heterocycles. The van der Waals surface area contributed by atoms with Gasteiger partial charge < -0.3 is 15.6 Å². The summed E-state index contributed by atoms with van der Waals surface area (Å²) in [6, 6.07) is 5.14. The van der Waals surface area contributed by atoms with E-state index in [1.807, 2.05) is 26.8 Å². The molecule has 0 spiro atoms. The van der Waals surface area contributed by atoms with Gasteiger partial charge >= 0.3 is 6.09 Å². The Balaban J connectivity index is 2.18. The Bertz CT molecular complexity index is 545. The summed E-state index contributed by atoms with van der Waals surface area (Å²) in [6.45, 7) is 6.04. The summed E-state index contributed by atoms with van der Waals surface area (Å²) in [5.41, 5.74) is 6.64. The quantitative estimate of drug-likeness (QED) is 0.743. The predicted octanol–water partition coefficient (Wildman–Crippen LogP) is 3.51. The van der Waals surface area contributed by atoms with Crippen molar-refractivity contribution in [3.63, 3.8) is 0 Å². The standard InChI is InChI=1S/C17H26N2O3/c1-16(2,3)22-15(21)19-12-5-6-14(20)13(11-12)17(9-10-18)7-4-8-17/h5-6,11,20H,4,7-10,18H2,1-3H3,(H,19,21). The molecule has 2 rings (SSSR count). The molecule has 122 valence electrons. The molecule has 1 aliphatic rings. The van der Waals surface area contributed by atoms with E-state index in [9.17, 15) is 9.90 Å². The van der Waals surface area contributed by atoms with Crippen LogP contribution in [0.15, 0.2) is 18.2 Å². The normalized spacial score (nSPS) is 16.7. The van der Waals surface area contributed by atoms with Crippen LogP contribution in [0.4, 0.5) is 10.5 Å². The van der Waals surface area contributed by atoms with Gasteiger partial charge in [0.15, 0.2) is 0 Å². The number of nitrogens with one attached hydrogen (secondary N) is 1. The average Bonchev–Trinajstić information content (AvgIpc) is 2.34. The van der Waals surface area contributed by atoms with E-state index >= 15 is 0 Å². The summed E-state index contributed by atoms with van der Waals surface area (Å²) in [4.78, 5) is 11.9. The van der Waals surface area contributed by atoms with Crippen LogP contribution < -0.4 is 11.1 Å². The molecule has 0 atom stereocenters. The highest BCUT2D eigenvalue weighted by Gasteiger charge is 2.39. The minimum absolute atomic E-state index is 0.0511. The molecular weight excluding hydrogens is 280 g/mol. The topological polar surface area (TPSA) is 84.6 Å². The highest BCUT2D eigenvalue weighted by atomic mass is 16.6. The summed E-state index contributed by atoms with van der Waals surface area (Å²) in [5.74, 6) is 0.267. The van der Waals surface area contributed by atoms with Crippen molar-refractivity contribution in [2.45, 2.75) is 57.5 Å². The van der Waals surface area contributed by atoms with E-state index in [-0.39, 0.29) is 11.2 Å². The van der Waals surface area contributed by atoms with Crippen LogP contribution in [0.5, 0.6) is 5.75 Å². The number of hydrogen-bond acceptors (Lipinski definition) is 4. The zero-order valence-corrected chi connectivity index (χ0v) is 13.6. The summed E-state index contributed by atoms with van der Waals surface area (Å²) < 4.78 is 5.25. The molecule has 0 heterocycles. The van der Waals surface area contributed by atoms with Crippen LogP contribution in [0.1, 0.15) is 52.0 Å². The second-order valence-corrected chi connectivity index (χ2v) is 7.03. The van der Waals surface area contributed by atoms with Gasteiger partial charge in [-0.3, -0.25) is 5.32 Å². The number of benzene rings is 1. The molecule has 1 fully saturated rings. The molecule has 0 bridgehead atoms. The SMILES string of the molecule is CC(C)(C)OC(=O)Nc1ccc(O)c(C2(CCN)CCC2)c1. The number of phenolic OH excluding ortho intramolecular Hbond substituents is 1. The van der Waals surface area contributed by atoms with Gasteiger partial charge in [-0.15, -0.1) is 0 Å². The van der Waals surface area contributed by atoms with Crippen molar-refractivity contribution in [2.75, 3.05) is 11.9 Å². The van der Waals surface area contributed by atoms with Crippen molar-refractivity contribution in [1.29, 1.82) is 0 Å². The number of carbonyl (C=O) groups excluding carboxylic acids is 1. The summed E-state index contributed by atoms with van der Waals surface area (Å²) in [6.07, 6.45) is 3.53. The first-order valence-corrected chi connectivity index (χ1v) is 7.79. The van der Waals surface area contributed by atoms with Gasteiger partial charge in [-0.25, -0.2) is 4.79 Å². The molecule has 1 aliphatic carbocycles. The number of nitrogens with two attached hydrogens (primary N) is 1. The van der Waals surface area contributed by atoms with E-state index < -0.39 is 11.7 Å². The lowest BCUT2D eigenvalue weighted by atomic mass is 9.62. The van der Waals surface area contributed by atoms with Gasteiger partial charge in [-0.05, 0) is 64.8 Å². The number of aromatic hydroxyl groups is 1. The molecule has 5 nitrogen and oxygen atoms in total. The Morgan fingerprint density at radius 3 is 2.59 bits per heavy atom. The molecular formula is C17H26N2O3. The number of amides is 1. The fourth-order valence-electron chi connectivity index (χ4n) is 2.99. The van der Waals surface area contributed by atoms with E-state index in [0.717, 1.165) is 31.2 Å². The van der Waals surface area contributed by atoms with E-state index in [2.05, 4.69) is 5.32 Å². The van der Waals surface area contributed by atoms with Gasteiger partial charge in [0.25, 0.3) is 0 Å². The average molecular weight is 306 g/mol. The Labute approximate surface area is 131 Å². The third-order valence-corrected chi connectivity index (χ3v) is 4.15. The van der Waals surface area contributed by atoms with Gasteiger partial charge in [-0.2, -0.15) is 0 Å². The maximum atomic E-state index is 11.9. The zero-order valence-electron chi connectivity index (χ0n) is 13.6. The van der Waals surface area contributed by atoms with Crippen molar-refractivity contribution in [3.05, 3.63) is 23.8 Å². The maximum Gasteiger partial charge on any atom is 0.412 e. The Morgan fingerprint density at radius 2 is 2.09 bits per heavy atom. The number of phenols is 1. The van der Waals surface area contributed by atoms with Gasteiger partial charge in [0.1, 0.15) is 11.4 Å². The summed E-state index contributed by atoms with van der Waals surface area (Å²) in [7, 11) is 0. The minimum atomic E-state index is -0.543. The van der Waals surface area contributed by atoms with Crippen molar-refractivity contribution in [2.24, 2.45) is 5.73 Å². The second-order valence-electron chi connectivity index (χ2n) is 7.03. The van der Waals surface area contributed by atoms with E-state index in [1.54, 1.807) is 12.1 Å². The first-order valence-electron chi connectivity index (χ1n) is 7.79. The minimum Gasteiger partial charge on any atom is -0.508 e. The Hall–Kier alpha value is -1.75. The van der Waals surface area contributed by atoms with Crippen molar-refractivity contribution >= 4 is 11.8 Å². The lowest BCUT2D eigenvalue weighted by molar-refractivity contribution is 0.0636. The molecule has 4 N–H and O–H groups in total. The molecule has 0 saturated heterocycles. The second kappa shape index (κ2) is 6.16. The molecule has 22 heavy (non-hydrogen) atoms. The van der Waals surface area contributed by atoms with Crippen LogP contribution in [-0.4, -0.2) is 23.3 Å². The first kappa shape index (κ1) is 16.6. The fraction of sp³-hybridized carbons (Fsp3) is 0.588. The van der Waals surface area contributed by atoms with Crippen LogP contribution in [0, 0.1) is 0 Å². The number of rotatable bonds is 4. The molecule has 0 radical (unpaired) electrons. The summed E-state index contributed by atoms with van der Waals surface area (Å²) >= 11 is 0. The highest BCUT2D eigenvalue weighted by Crippen LogP contribution is 2.49. The van der Waals surface area contributed by atoms with Crippen LogP contribution in [0.2, 0.25) is 0 Å². The number of anilines is 1. The van der Waals surface area contributed by atoms with Crippen molar-refractivity contribution in [3.8, 4) is 5.75 Å². The molecule has 1 aromatic rings. The van der Waals surface area contributed by atoms with Gasteiger partial charge in [0, 0.05) is 16.7 Å². The Kier molecular flexibility index (Phi) is 4.66. The highest BCUT2D eigenvalue weighted by molar-refractivity contribution is 5.85. The Morgan fingerprint density at radius 1 is 1.41 bits per heavy atom.